The average Bonchev–Trinajstić information content (AvgIpc) is 1.99. The van der Waals surface area contributed by atoms with E-state index in [1.54, 1.807) is 0 Å². The summed E-state index contributed by atoms with van der Waals surface area (Å²) in [5, 5.41) is 0.316. The maximum absolute atomic E-state index is 10.8. The highest BCUT2D eigenvalue weighted by molar-refractivity contribution is 9.09. The number of likely N-dealkylation sites (N-methyl/N-ethyl adjacent to an activating group) is 1. The first kappa shape index (κ1) is 10.6. The van der Waals surface area contributed by atoms with Crippen molar-refractivity contribution >= 4 is 27.6 Å². The third kappa shape index (κ3) is 4.14. The topological polar surface area (TPSA) is 37.4 Å². The first-order valence-electron chi connectivity index (χ1n) is 3.45. The lowest BCUT2D eigenvalue weighted by atomic mass is 10.4. The van der Waals surface area contributed by atoms with Crippen molar-refractivity contribution in [2.24, 2.45) is 0 Å². The van der Waals surface area contributed by atoms with Crippen molar-refractivity contribution in [1.82, 2.24) is 4.90 Å². The lowest BCUT2D eigenvalue weighted by Gasteiger charge is -2.16. The molecule has 4 heteroatoms. The minimum absolute atomic E-state index is 0.0297. The molecule has 0 fully saturated rings. The van der Waals surface area contributed by atoms with Gasteiger partial charge in [-0.3, -0.25) is 9.59 Å². The predicted molar refractivity (Wildman–Crippen MR) is 46.7 cm³/mol. The molecule has 0 aromatic carbocycles. The molecule has 11 heavy (non-hydrogen) atoms. The number of Topliss-reactive ketones (excluding diaryl/α,β-unsaturated/α-hetero) is 1. The van der Waals surface area contributed by atoms with Gasteiger partial charge in [0.05, 0.1) is 11.9 Å². The third-order valence-corrected chi connectivity index (χ3v) is 1.97. The Bertz CT molecular complexity index is 159. The highest BCUT2D eigenvalue weighted by atomic mass is 79.9. The molecule has 0 aromatic rings. The van der Waals surface area contributed by atoms with Gasteiger partial charge in [-0.1, -0.05) is 15.9 Å². The molecule has 64 valence electrons. The van der Waals surface area contributed by atoms with E-state index in [1.807, 2.05) is 6.92 Å². The van der Waals surface area contributed by atoms with Crippen molar-refractivity contribution in [3.63, 3.8) is 0 Å². The number of halogens is 1. The van der Waals surface area contributed by atoms with Gasteiger partial charge in [-0.15, -0.1) is 0 Å². The molecule has 0 unspecified atom stereocenters. The van der Waals surface area contributed by atoms with Gasteiger partial charge in [-0.05, 0) is 6.92 Å². The molecular weight excluding hydrogens is 210 g/mol. The Morgan fingerprint density at radius 3 is 2.27 bits per heavy atom. The molecule has 0 N–H and O–H groups in total. The molecule has 0 aliphatic rings. The highest BCUT2D eigenvalue weighted by Gasteiger charge is 2.09. The molecule has 3 nitrogen and oxygen atoms in total. The Balaban J connectivity index is 3.88. The summed E-state index contributed by atoms with van der Waals surface area (Å²) in [5.74, 6) is -0.0242. The molecule has 0 saturated carbocycles. The molecule has 0 atom stereocenters. The molecular formula is C7H12BrNO2. The molecule has 0 saturated heterocycles. The lowest BCUT2D eigenvalue weighted by molar-refractivity contribution is -0.132. The van der Waals surface area contributed by atoms with Crippen LogP contribution in [0, 0.1) is 0 Å². The van der Waals surface area contributed by atoms with Crippen LogP contribution in [0.5, 0.6) is 0 Å². The van der Waals surface area contributed by atoms with Crippen LogP contribution < -0.4 is 0 Å². The van der Waals surface area contributed by atoms with Crippen molar-refractivity contribution in [3.05, 3.63) is 0 Å². The van der Waals surface area contributed by atoms with Crippen molar-refractivity contribution in [3.8, 4) is 0 Å². The summed E-state index contributed by atoms with van der Waals surface area (Å²) in [6.45, 7) is 4.12. The number of carbonyl (C=O) groups is 2. The number of rotatable bonds is 4. The van der Waals surface area contributed by atoms with Gasteiger partial charge in [-0.2, -0.15) is 0 Å². The monoisotopic (exact) mass is 221 g/mol. The van der Waals surface area contributed by atoms with Gasteiger partial charge in [0.1, 0.15) is 0 Å². The Kier molecular flexibility index (Phi) is 5.11. The second kappa shape index (κ2) is 5.29. The summed E-state index contributed by atoms with van der Waals surface area (Å²) in [4.78, 5) is 23.1. The van der Waals surface area contributed by atoms with Gasteiger partial charge in [0.2, 0.25) is 5.91 Å². The van der Waals surface area contributed by atoms with Gasteiger partial charge in [-0.25, -0.2) is 0 Å². The zero-order chi connectivity index (χ0) is 8.85. The molecule has 0 radical (unpaired) electrons. The molecule has 0 bridgehead atoms. The van der Waals surface area contributed by atoms with Gasteiger partial charge >= 0.3 is 0 Å². The van der Waals surface area contributed by atoms with Crippen LogP contribution in [-0.4, -0.2) is 35.0 Å². The Morgan fingerprint density at radius 2 is 2.00 bits per heavy atom. The molecule has 0 spiro atoms. The number of alkyl halides is 1. The van der Waals surface area contributed by atoms with Crippen LogP contribution in [0.4, 0.5) is 0 Å². The summed E-state index contributed by atoms with van der Waals surface area (Å²) >= 11 is 3.03. The number of nitrogens with zero attached hydrogens (tertiary/aromatic N) is 1. The SMILES string of the molecule is CCN(CC(=O)CBr)C(C)=O. The summed E-state index contributed by atoms with van der Waals surface area (Å²) in [7, 11) is 0. The largest absolute Gasteiger partial charge is 0.336 e. The van der Waals surface area contributed by atoms with Crippen LogP contribution >= 0.6 is 15.9 Å². The van der Waals surface area contributed by atoms with E-state index in [4.69, 9.17) is 0 Å². The number of carbonyl (C=O) groups excluding carboxylic acids is 2. The molecule has 0 aliphatic carbocycles. The van der Waals surface area contributed by atoms with Gasteiger partial charge < -0.3 is 4.90 Å². The van der Waals surface area contributed by atoms with Crippen molar-refractivity contribution in [2.45, 2.75) is 13.8 Å². The first-order valence-corrected chi connectivity index (χ1v) is 4.57. The predicted octanol–water partition coefficient (Wildman–Crippen LogP) is 0.819. The minimum Gasteiger partial charge on any atom is -0.336 e. The van der Waals surface area contributed by atoms with E-state index in [0.29, 0.717) is 11.9 Å². The van der Waals surface area contributed by atoms with Crippen molar-refractivity contribution in [2.75, 3.05) is 18.4 Å². The second-order valence-electron chi connectivity index (χ2n) is 2.21. The Hall–Kier alpha value is -0.380. The van der Waals surface area contributed by atoms with E-state index in [2.05, 4.69) is 15.9 Å². The van der Waals surface area contributed by atoms with E-state index in [-0.39, 0.29) is 18.2 Å². The smallest absolute Gasteiger partial charge is 0.219 e. The van der Waals surface area contributed by atoms with Crippen LogP contribution in [0.1, 0.15) is 13.8 Å². The fraction of sp³-hybridized carbons (Fsp3) is 0.714. The van der Waals surface area contributed by atoms with Crippen LogP contribution in [-0.2, 0) is 9.59 Å². The minimum atomic E-state index is -0.0539. The quantitative estimate of drug-likeness (QED) is 0.660. The van der Waals surface area contributed by atoms with Crippen molar-refractivity contribution in [1.29, 1.82) is 0 Å². The number of amides is 1. The average molecular weight is 222 g/mol. The summed E-state index contributed by atoms with van der Waals surface area (Å²) in [6.07, 6.45) is 0. The van der Waals surface area contributed by atoms with E-state index >= 15 is 0 Å². The zero-order valence-corrected chi connectivity index (χ0v) is 8.35. The molecule has 1 amide bonds. The maximum atomic E-state index is 10.8. The van der Waals surface area contributed by atoms with Crippen LogP contribution in [0.25, 0.3) is 0 Å². The van der Waals surface area contributed by atoms with E-state index in [9.17, 15) is 9.59 Å². The molecule has 0 rings (SSSR count). The Morgan fingerprint density at radius 1 is 1.45 bits per heavy atom. The van der Waals surface area contributed by atoms with Crippen molar-refractivity contribution < 1.29 is 9.59 Å². The fourth-order valence-corrected chi connectivity index (χ4v) is 0.878. The van der Waals surface area contributed by atoms with E-state index in [1.165, 1.54) is 11.8 Å². The lowest BCUT2D eigenvalue weighted by Crippen LogP contribution is -2.34. The number of hydrogen-bond donors (Lipinski definition) is 0. The standard InChI is InChI=1S/C7H12BrNO2/c1-3-9(6(2)10)5-7(11)4-8/h3-5H2,1-2H3. The van der Waals surface area contributed by atoms with Crippen LogP contribution in [0.2, 0.25) is 0 Å². The summed E-state index contributed by atoms with van der Waals surface area (Å²) in [6, 6.07) is 0. The fourth-order valence-electron chi connectivity index (χ4n) is 0.701. The van der Waals surface area contributed by atoms with Crippen LogP contribution in [0.15, 0.2) is 0 Å². The number of ketones is 1. The first-order chi connectivity index (χ1) is 5.11. The van der Waals surface area contributed by atoms with E-state index < -0.39 is 0 Å². The maximum Gasteiger partial charge on any atom is 0.219 e. The summed E-state index contributed by atoms with van der Waals surface area (Å²) < 4.78 is 0. The zero-order valence-electron chi connectivity index (χ0n) is 6.76. The molecule has 0 aliphatic heterocycles. The third-order valence-electron chi connectivity index (χ3n) is 1.34. The highest BCUT2D eigenvalue weighted by Crippen LogP contribution is 1.91. The molecule has 0 heterocycles. The van der Waals surface area contributed by atoms with E-state index in [0.717, 1.165) is 0 Å². The van der Waals surface area contributed by atoms with Gasteiger partial charge in [0.15, 0.2) is 5.78 Å². The van der Waals surface area contributed by atoms with Gasteiger partial charge in [0.25, 0.3) is 0 Å². The Labute approximate surface area is 74.9 Å². The van der Waals surface area contributed by atoms with Crippen LogP contribution in [0.3, 0.4) is 0 Å². The summed E-state index contributed by atoms with van der Waals surface area (Å²) in [5.41, 5.74) is 0. The molecule has 0 aromatic heterocycles. The number of hydrogen-bond acceptors (Lipinski definition) is 2. The second-order valence-corrected chi connectivity index (χ2v) is 2.77. The van der Waals surface area contributed by atoms with Gasteiger partial charge in [0, 0.05) is 13.5 Å². The normalized spacial score (nSPS) is 9.36.